The number of rotatable bonds is 8. The summed E-state index contributed by atoms with van der Waals surface area (Å²) in [6.07, 6.45) is 4.15. The van der Waals surface area contributed by atoms with Gasteiger partial charge in [-0.25, -0.2) is 4.98 Å². The van der Waals surface area contributed by atoms with Crippen LogP contribution in [0.5, 0.6) is 5.75 Å². The van der Waals surface area contributed by atoms with Crippen molar-refractivity contribution >= 4 is 5.96 Å². The summed E-state index contributed by atoms with van der Waals surface area (Å²) in [5.74, 6) is 4.20. The van der Waals surface area contributed by atoms with Crippen molar-refractivity contribution in [3.8, 4) is 17.3 Å². The normalized spacial score (nSPS) is 14.1. The number of furan rings is 1. The summed E-state index contributed by atoms with van der Waals surface area (Å²) in [7, 11) is 1.74. The molecule has 3 N–H and O–H groups in total. The lowest BCUT2D eigenvalue weighted by atomic mass is 10.1. The highest BCUT2D eigenvalue weighted by Crippen LogP contribution is 2.30. The molecule has 2 heterocycles. The minimum Gasteiger partial charge on any atom is -0.493 e. The average molecular weight is 394 g/mol. The molecule has 1 fully saturated rings. The number of ether oxygens (including phenoxy) is 1. The zero-order valence-electron chi connectivity index (χ0n) is 16.7. The van der Waals surface area contributed by atoms with E-state index in [4.69, 9.17) is 9.15 Å². The number of aliphatic imine (C=N–C) groups is 1. The molecule has 0 unspecified atom stereocenters. The molecule has 8 nitrogen and oxygen atoms in total. The predicted molar refractivity (Wildman–Crippen MR) is 111 cm³/mol. The predicted octanol–water partition coefficient (Wildman–Crippen LogP) is 3.03. The monoisotopic (exact) mass is 394 g/mol. The Kier molecular flexibility index (Phi) is 5.79. The molecule has 4 rings (SSSR count). The van der Waals surface area contributed by atoms with Gasteiger partial charge < -0.3 is 19.8 Å². The number of aromatic nitrogens is 3. The molecule has 1 aliphatic carbocycles. The number of benzene rings is 1. The Bertz CT molecular complexity index is 959. The Hall–Kier alpha value is -3.29. The lowest BCUT2D eigenvalue weighted by Gasteiger charge is -2.15. The number of nitrogens with zero attached hydrogens (tertiary/aromatic N) is 3. The minimum absolute atomic E-state index is 0.465. The number of nitrogens with one attached hydrogen (secondary N) is 3. The molecule has 8 heteroatoms. The summed E-state index contributed by atoms with van der Waals surface area (Å²) >= 11 is 0. The van der Waals surface area contributed by atoms with Crippen LogP contribution in [0, 0.1) is 12.8 Å². The Labute approximate surface area is 169 Å². The first-order chi connectivity index (χ1) is 14.2. The molecule has 0 atom stereocenters. The zero-order chi connectivity index (χ0) is 20.1. The van der Waals surface area contributed by atoms with Crippen molar-refractivity contribution in [3.05, 3.63) is 53.5 Å². The molecule has 1 saturated carbocycles. The standard InChI is InChI=1S/C21H26N6O2/c1-14-5-8-16(18(10-14)29-13-15-6-7-15)11-23-21(22-2)24-12-19-25-20(27-26-19)17-4-3-9-28-17/h3-5,8-10,15H,6-7,11-13H2,1-2H3,(H2,22,23,24)(H,25,26,27). The fourth-order valence-corrected chi connectivity index (χ4v) is 2.89. The molecule has 3 aromatic rings. The first-order valence-corrected chi connectivity index (χ1v) is 9.83. The molecule has 1 aliphatic rings. The Balaban J connectivity index is 1.31. The number of H-pyrrole nitrogens is 1. The minimum atomic E-state index is 0.465. The van der Waals surface area contributed by atoms with E-state index in [1.165, 1.54) is 18.4 Å². The second kappa shape index (κ2) is 8.81. The van der Waals surface area contributed by atoms with E-state index in [1.807, 2.05) is 12.1 Å². The third-order valence-corrected chi connectivity index (χ3v) is 4.76. The first kappa shape index (κ1) is 19.0. The van der Waals surface area contributed by atoms with Crippen molar-refractivity contribution in [2.45, 2.75) is 32.9 Å². The van der Waals surface area contributed by atoms with E-state index in [2.05, 4.69) is 55.9 Å². The van der Waals surface area contributed by atoms with Crippen molar-refractivity contribution in [1.82, 2.24) is 25.8 Å². The van der Waals surface area contributed by atoms with Crippen molar-refractivity contribution in [2.75, 3.05) is 13.7 Å². The molecule has 0 aliphatic heterocycles. The molecule has 1 aromatic carbocycles. The number of aryl methyl sites for hydroxylation is 1. The summed E-state index contributed by atoms with van der Waals surface area (Å²) in [6.45, 7) is 3.96. The number of hydrogen-bond acceptors (Lipinski definition) is 5. The molecule has 152 valence electrons. The number of aromatic amines is 1. The second-order valence-electron chi connectivity index (χ2n) is 7.23. The SMILES string of the molecule is CN=C(NCc1nc(-c2ccco2)n[nH]1)NCc1ccc(C)cc1OCC1CC1. The molecule has 0 radical (unpaired) electrons. The lowest BCUT2D eigenvalue weighted by Crippen LogP contribution is -2.36. The lowest BCUT2D eigenvalue weighted by molar-refractivity contribution is 0.296. The van der Waals surface area contributed by atoms with Crippen LogP contribution < -0.4 is 15.4 Å². The molecule has 0 amide bonds. The van der Waals surface area contributed by atoms with Gasteiger partial charge in [0.05, 0.1) is 19.4 Å². The van der Waals surface area contributed by atoms with Crippen molar-refractivity contribution < 1.29 is 9.15 Å². The van der Waals surface area contributed by atoms with Crippen LogP contribution in [-0.4, -0.2) is 34.8 Å². The van der Waals surface area contributed by atoms with Gasteiger partial charge in [-0.2, -0.15) is 0 Å². The average Bonchev–Trinajstić information content (AvgIpc) is 3.18. The van der Waals surface area contributed by atoms with Crippen LogP contribution in [0.3, 0.4) is 0 Å². The molecule has 0 spiro atoms. The van der Waals surface area contributed by atoms with E-state index in [1.54, 1.807) is 13.3 Å². The van der Waals surface area contributed by atoms with Crippen LogP contribution in [-0.2, 0) is 13.1 Å². The maximum Gasteiger partial charge on any atom is 0.216 e. The first-order valence-electron chi connectivity index (χ1n) is 9.83. The summed E-state index contributed by atoms with van der Waals surface area (Å²) in [6, 6.07) is 9.93. The quantitative estimate of drug-likeness (QED) is 0.401. The van der Waals surface area contributed by atoms with Crippen molar-refractivity contribution in [3.63, 3.8) is 0 Å². The Morgan fingerprint density at radius 3 is 2.90 bits per heavy atom. The van der Waals surface area contributed by atoms with E-state index in [0.717, 1.165) is 23.8 Å². The van der Waals surface area contributed by atoms with Gasteiger partial charge in [-0.1, -0.05) is 12.1 Å². The van der Waals surface area contributed by atoms with Crippen LogP contribution in [0.4, 0.5) is 0 Å². The second-order valence-corrected chi connectivity index (χ2v) is 7.23. The summed E-state index contributed by atoms with van der Waals surface area (Å²) in [5.41, 5.74) is 2.30. The third-order valence-electron chi connectivity index (χ3n) is 4.76. The molecule has 0 saturated heterocycles. The highest BCUT2D eigenvalue weighted by molar-refractivity contribution is 5.79. The fourth-order valence-electron chi connectivity index (χ4n) is 2.89. The van der Waals surface area contributed by atoms with E-state index in [0.29, 0.717) is 36.5 Å². The highest BCUT2D eigenvalue weighted by atomic mass is 16.5. The fraction of sp³-hybridized carbons (Fsp3) is 0.381. The van der Waals surface area contributed by atoms with Crippen LogP contribution >= 0.6 is 0 Å². The van der Waals surface area contributed by atoms with Crippen LogP contribution in [0.25, 0.3) is 11.6 Å². The Morgan fingerprint density at radius 2 is 2.14 bits per heavy atom. The number of hydrogen-bond donors (Lipinski definition) is 3. The van der Waals surface area contributed by atoms with Gasteiger partial charge in [-0.15, -0.1) is 5.10 Å². The van der Waals surface area contributed by atoms with Crippen LogP contribution in [0.15, 0.2) is 46.0 Å². The van der Waals surface area contributed by atoms with Gasteiger partial charge in [0.15, 0.2) is 11.7 Å². The van der Waals surface area contributed by atoms with Gasteiger partial charge in [0.1, 0.15) is 11.6 Å². The van der Waals surface area contributed by atoms with Gasteiger partial charge in [0, 0.05) is 19.2 Å². The van der Waals surface area contributed by atoms with E-state index in [9.17, 15) is 0 Å². The summed E-state index contributed by atoms with van der Waals surface area (Å²) < 4.78 is 11.4. The molecule has 29 heavy (non-hydrogen) atoms. The maximum absolute atomic E-state index is 6.04. The van der Waals surface area contributed by atoms with Gasteiger partial charge in [-0.3, -0.25) is 10.1 Å². The van der Waals surface area contributed by atoms with Gasteiger partial charge in [0.25, 0.3) is 0 Å². The van der Waals surface area contributed by atoms with E-state index < -0.39 is 0 Å². The Morgan fingerprint density at radius 1 is 1.28 bits per heavy atom. The summed E-state index contributed by atoms with van der Waals surface area (Å²) in [4.78, 5) is 8.70. The van der Waals surface area contributed by atoms with E-state index >= 15 is 0 Å². The van der Waals surface area contributed by atoms with Crippen molar-refractivity contribution in [1.29, 1.82) is 0 Å². The topological polar surface area (TPSA) is 100 Å². The smallest absolute Gasteiger partial charge is 0.216 e. The van der Waals surface area contributed by atoms with Gasteiger partial charge >= 0.3 is 0 Å². The largest absolute Gasteiger partial charge is 0.493 e. The third kappa shape index (κ3) is 5.16. The number of guanidine groups is 1. The van der Waals surface area contributed by atoms with Crippen LogP contribution in [0.2, 0.25) is 0 Å². The van der Waals surface area contributed by atoms with Gasteiger partial charge in [0.2, 0.25) is 5.82 Å². The van der Waals surface area contributed by atoms with Crippen molar-refractivity contribution in [2.24, 2.45) is 10.9 Å². The zero-order valence-corrected chi connectivity index (χ0v) is 16.7. The van der Waals surface area contributed by atoms with Gasteiger partial charge in [-0.05, 0) is 49.4 Å². The highest BCUT2D eigenvalue weighted by Gasteiger charge is 2.22. The van der Waals surface area contributed by atoms with Crippen LogP contribution in [0.1, 0.15) is 29.8 Å². The van der Waals surface area contributed by atoms with E-state index in [-0.39, 0.29) is 0 Å². The molecular weight excluding hydrogens is 368 g/mol. The summed E-state index contributed by atoms with van der Waals surface area (Å²) in [5, 5.41) is 13.6. The maximum atomic E-state index is 6.04. The molecule has 2 aromatic heterocycles. The molecule has 0 bridgehead atoms. The molecular formula is C21H26N6O2.